The van der Waals surface area contributed by atoms with Crippen LogP contribution in [0.15, 0.2) is 29.8 Å². The first-order valence-electron chi connectivity index (χ1n) is 7.53. The maximum atomic E-state index is 12.1. The number of aromatic nitrogens is 2. The SMILES string of the molecule is Cc1ccc(C(CC(=O)OC(C)C)NC(=O)Nc2nncs2)cc1. The zero-order valence-electron chi connectivity index (χ0n) is 13.8. The molecule has 2 N–H and O–H groups in total. The zero-order chi connectivity index (χ0) is 17.5. The molecule has 128 valence electrons. The van der Waals surface area contributed by atoms with Gasteiger partial charge in [0.2, 0.25) is 5.13 Å². The van der Waals surface area contributed by atoms with E-state index in [1.807, 2.05) is 31.2 Å². The molecule has 1 unspecified atom stereocenters. The molecular formula is C16H20N4O3S. The van der Waals surface area contributed by atoms with E-state index in [-0.39, 0.29) is 18.5 Å². The lowest BCUT2D eigenvalue weighted by molar-refractivity contribution is -0.147. The Morgan fingerprint density at radius 1 is 1.25 bits per heavy atom. The summed E-state index contributed by atoms with van der Waals surface area (Å²) in [4.78, 5) is 24.1. The Morgan fingerprint density at radius 2 is 1.96 bits per heavy atom. The van der Waals surface area contributed by atoms with Gasteiger partial charge in [0.15, 0.2) is 0 Å². The van der Waals surface area contributed by atoms with Crippen LogP contribution in [-0.2, 0) is 9.53 Å². The molecule has 1 aromatic heterocycles. The second kappa shape index (κ2) is 8.39. The number of carbonyl (C=O) groups excluding carboxylic acids is 2. The molecule has 24 heavy (non-hydrogen) atoms. The topological polar surface area (TPSA) is 93.2 Å². The summed E-state index contributed by atoms with van der Waals surface area (Å²) in [7, 11) is 0. The van der Waals surface area contributed by atoms with E-state index < -0.39 is 12.1 Å². The molecular weight excluding hydrogens is 328 g/mol. The third-order valence-electron chi connectivity index (χ3n) is 3.10. The number of hydrogen-bond donors (Lipinski definition) is 2. The molecule has 0 saturated heterocycles. The molecule has 0 radical (unpaired) electrons. The van der Waals surface area contributed by atoms with Crippen molar-refractivity contribution in [2.75, 3.05) is 5.32 Å². The number of anilines is 1. The van der Waals surface area contributed by atoms with E-state index in [4.69, 9.17) is 4.74 Å². The van der Waals surface area contributed by atoms with Gasteiger partial charge in [0.05, 0.1) is 18.6 Å². The minimum absolute atomic E-state index is 0.0464. The highest BCUT2D eigenvalue weighted by Crippen LogP contribution is 2.19. The summed E-state index contributed by atoms with van der Waals surface area (Å²) in [5.74, 6) is -0.369. The van der Waals surface area contributed by atoms with Crippen LogP contribution in [0, 0.1) is 6.92 Å². The van der Waals surface area contributed by atoms with Gasteiger partial charge < -0.3 is 10.1 Å². The molecule has 0 aliphatic carbocycles. The van der Waals surface area contributed by atoms with Gasteiger partial charge in [0.1, 0.15) is 5.51 Å². The Morgan fingerprint density at radius 3 is 2.54 bits per heavy atom. The number of aryl methyl sites for hydroxylation is 1. The van der Waals surface area contributed by atoms with Crippen molar-refractivity contribution in [3.8, 4) is 0 Å². The molecule has 7 nitrogen and oxygen atoms in total. The van der Waals surface area contributed by atoms with Crippen LogP contribution < -0.4 is 10.6 Å². The lowest BCUT2D eigenvalue weighted by Crippen LogP contribution is -2.34. The molecule has 2 amide bonds. The van der Waals surface area contributed by atoms with Crippen LogP contribution in [-0.4, -0.2) is 28.3 Å². The van der Waals surface area contributed by atoms with Crippen LogP contribution in [0.1, 0.15) is 37.4 Å². The number of nitrogens with one attached hydrogen (secondary N) is 2. The molecule has 1 aromatic carbocycles. The van der Waals surface area contributed by atoms with Crippen molar-refractivity contribution in [1.82, 2.24) is 15.5 Å². The Labute approximate surface area is 144 Å². The maximum Gasteiger partial charge on any atom is 0.321 e. The smallest absolute Gasteiger partial charge is 0.321 e. The molecule has 0 saturated carbocycles. The van der Waals surface area contributed by atoms with Crippen molar-refractivity contribution >= 4 is 28.5 Å². The predicted octanol–water partition coefficient (Wildman–Crippen LogP) is 3.05. The normalized spacial score (nSPS) is 11.8. The Bertz CT molecular complexity index is 671. The summed E-state index contributed by atoms with van der Waals surface area (Å²) in [5.41, 5.74) is 3.45. The van der Waals surface area contributed by atoms with E-state index in [2.05, 4.69) is 20.8 Å². The van der Waals surface area contributed by atoms with Crippen LogP contribution in [0.4, 0.5) is 9.93 Å². The maximum absolute atomic E-state index is 12.1. The molecule has 0 spiro atoms. The Hall–Kier alpha value is -2.48. The third kappa shape index (κ3) is 5.62. The molecule has 1 atom stereocenters. The Kier molecular flexibility index (Phi) is 6.25. The summed E-state index contributed by atoms with van der Waals surface area (Å²) >= 11 is 1.21. The number of hydrogen-bond acceptors (Lipinski definition) is 6. The highest BCUT2D eigenvalue weighted by molar-refractivity contribution is 7.13. The van der Waals surface area contributed by atoms with Crippen molar-refractivity contribution < 1.29 is 14.3 Å². The standard InChI is InChI=1S/C16H20N4O3S/c1-10(2)23-14(21)8-13(12-6-4-11(3)5-7-12)18-15(22)19-16-20-17-9-24-16/h4-7,9-10,13H,8H2,1-3H3,(H2,18,19,20,22). The number of rotatable bonds is 6. The van der Waals surface area contributed by atoms with E-state index in [1.165, 1.54) is 16.8 Å². The van der Waals surface area contributed by atoms with Gasteiger partial charge in [0.25, 0.3) is 0 Å². The van der Waals surface area contributed by atoms with Crippen molar-refractivity contribution in [2.45, 2.75) is 39.3 Å². The highest BCUT2D eigenvalue weighted by Gasteiger charge is 2.20. The van der Waals surface area contributed by atoms with Crippen molar-refractivity contribution in [1.29, 1.82) is 0 Å². The van der Waals surface area contributed by atoms with Gasteiger partial charge in [0, 0.05) is 0 Å². The van der Waals surface area contributed by atoms with Crippen LogP contribution in [0.2, 0.25) is 0 Å². The summed E-state index contributed by atoms with van der Waals surface area (Å²) in [6.45, 7) is 5.55. The minimum atomic E-state index is -0.496. The first-order chi connectivity index (χ1) is 11.4. The predicted molar refractivity (Wildman–Crippen MR) is 91.8 cm³/mol. The second-order valence-corrected chi connectivity index (χ2v) is 6.38. The molecule has 0 fully saturated rings. The van der Waals surface area contributed by atoms with Crippen LogP contribution in [0.25, 0.3) is 0 Å². The summed E-state index contributed by atoms with van der Waals surface area (Å²) in [6, 6.07) is 6.68. The van der Waals surface area contributed by atoms with Crippen LogP contribution in [0.5, 0.6) is 0 Å². The highest BCUT2D eigenvalue weighted by atomic mass is 32.1. The average Bonchev–Trinajstić information content (AvgIpc) is 2.99. The van der Waals surface area contributed by atoms with Crippen LogP contribution in [0.3, 0.4) is 0 Å². The quantitative estimate of drug-likeness (QED) is 0.783. The largest absolute Gasteiger partial charge is 0.463 e. The molecule has 8 heteroatoms. The van der Waals surface area contributed by atoms with Crippen molar-refractivity contribution in [3.05, 3.63) is 40.9 Å². The van der Waals surface area contributed by atoms with E-state index in [0.29, 0.717) is 5.13 Å². The first kappa shape index (κ1) is 17.9. The van der Waals surface area contributed by atoms with Crippen molar-refractivity contribution in [3.63, 3.8) is 0 Å². The number of nitrogens with zero attached hydrogens (tertiary/aromatic N) is 2. The van der Waals surface area contributed by atoms with Gasteiger partial charge in [-0.1, -0.05) is 41.2 Å². The van der Waals surface area contributed by atoms with Gasteiger partial charge in [-0.25, -0.2) is 4.79 Å². The molecule has 0 bridgehead atoms. The third-order valence-corrected chi connectivity index (χ3v) is 3.71. The van der Waals surface area contributed by atoms with Gasteiger partial charge in [-0.15, -0.1) is 10.2 Å². The van der Waals surface area contributed by atoms with Crippen molar-refractivity contribution in [2.24, 2.45) is 0 Å². The molecule has 1 heterocycles. The molecule has 0 aliphatic rings. The summed E-state index contributed by atoms with van der Waals surface area (Å²) in [6.07, 6.45) is -0.156. The van der Waals surface area contributed by atoms with Gasteiger partial charge in [-0.3, -0.25) is 10.1 Å². The monoisotopic (exact) mass is 348 g/mol. The van der Waals surface area contributed by atoms with Gasteiger partial charge in [-0.05, 0) is 26.3 Å². The lowest BCUT2D eigenvalue weighted by Gasteiger charge is -2.19. The van der Waals surface area contributed by atoms with E-state index in [1.54, 1.807) is 13.8 Å². The first-order valence-corrected chi connectivity index (χ1v) is 8.41. The fraction of sp³-hybridized carbons (Fsp3) is 0.375. The number of amides is 2. The Balaban J connectivity index is 2.08. The van der Waals surface area contributed by atoms with E-state index >= 15 is 0 Å². The fourth-order valence-electron chi connectivity index (χ4n) is 2.05. The zero-order valence-corrected chi connectivity index (χ0v) is 14.6. The van der Waals surface area contributed by atoms with E-state index in [9.17, 15) is 9.59 Å². The van der Waals surface area contributed by atoms with Gasteiger partial charge in [-0.2, -0.15) is 0 Å². The summed E-state index contributed by atoms with van der Waals surface area (Å²) < 4.78 is 5.18. The van der Waals surface area contributed by atoms with Crippen LogP contribution >= 0.6 is 11.3 Å². The van der Waals surface area contributed by atoms with E-state index in [0.717, 1.165) is 11.1 Å². The summed E-state index contributed by atoms with van der Waals surface area (Å²) in [5, 5.41) is 13.2. The minimum Gasteiger partial charge on any atom is -0.463 e. The van der Waals surface area contributed by atoms with Gasteiger partial charge >= 0.3 is 12.0 Å². The lowest BCUT2D eigenvalue weighted by atomic mass is 10.0. The molecule has 2 aromatic rings. The number of carbonyl (C=O) groups is 2. The average molecular weight is 348 g/mol. The number of urea groups is 1. The number of esters is 1. The molecule has 2 rings (SSSR count). The fourth-order valence-corrected chi connectivity index (χ4v) is 2.49. The second-order valence-electron chi connectivity index (χ2n) is 5.55. The number of ether oxygens (including phenoxy) is 1. The number of benzene rings is 1. The molecule has 0 aliphatic heterocycles.